The Hall–Kier alpha value is -2.36. The van der Waals surface area contributed by atoms with Crippen LogP contribution in [0.15, 0.2) is 30.6 Å². The average Bonchev–Trinajstić information content (AvgIpc) is 2.91. The molecule has 2 aromatic rings. The van der Waals surface area contributed by atoms with Gasteiger partial charge in [-0.2, -0.15) is 0 Å². The average molecular weight is 266 g/mol. The fourth-order valence-corrected chi connectivity index (χ4v) is 3.25. The van der Waals surface area contributed by atoms with E-state index in [1.807, 2.05) is 23.1 Å². The van der Waals surface area contributed by atoms with Crippen LogP contribution < -0.4 is 4.90 Å². The molecule has 0 saturated heterocycles. The minimum atomic E-state index is 0.171. The van der Waals surface area contributed by atoms with Crippen LogP contribution in [-0.4, -0.2) is 22.5 Å². The Kier molecular flexibility index (Phi) is 2.33. The monoisotopic (exact) mass is 266 g/mol. The van der Waals surface area contributed by atoms with Crippen LogP contribution in [-0.2, 0) is 17.6 Å². The van der Waals surface area contributed by atoms with E-state index in [2.05, 4.69) is 4.98 Å². The zero-order valence-electron chi connectivity index (χ0n) is 11.0. The predicted octanol–water partition coefficient (Wildman–Crippen LogP) is 2.29. The topological polar surface area (TPSA) is 53.4 Å². The van der Waals surface area contributed by atoms with E-state index in [0.717, 1.165) is 40.9 Å². The van der Waals surface area contributed by atoms with E-state index >= 15 is 0 Å². The second kappa shape index (κ2) is 4.07. The van der Waals surface area contributed by atoms with Gasteiger partial charge in [0.2, 0.25) is 5.91 Å². The van der Waals surface area contributed by atoms with E-state index < -0.39 is 0 Å². The third-order valence-corrected chi connectivity index (χ3v) is 4.19. The van der Waals surface area contributed by atoms with E-state index in [4.69, 9.17) is 0 Å². The van der Waals surface area contributed by atoms with Crippen molar-refractivity contribution >= 4 is 11.6 Å². The lowest BCUT2D eigenvalue weighted by Crippen LogP contribution is -2.32. The van der Waals surface area contributed by atoms with Gasteiger partial charge in [0.05, 0.1) is 5.69 Å². The first-order chi connectivity index (χ1) is 9.75. The fraction of sp³-hybridized carbons (Fsp3) is 0.250. The van der Waals surface area contributed by atoms with Crippen molar-refractivity contribution in [3.8, 4) is 16.9 Å². The van der Waals surface area contributed by atoms with Gasteiger partial charge >= 0.3 is 0 Å². The number of rotatable bonds is 1. The van der Waals surface area contributed by atoms with Gasteiger partial charge in [0, 0.05) is 42.0 Å². The summed E-state index contributed by atoms with van der Waals surface area (Å²) in [4.78, 5) is 17.9. The van der Waals surface area contributed by atoms with E-state index in [1.54, 1.807) is 12.4 Å². The largest absolute Gasteiger partial charge is 0.507 e. The van der Waals surface area contributed by atoms with E-state index in [-0.39, 0.29) is 5.91 Å². The van der Waals surface area contributed by atoms with Gasteiger partial charge in [-0.05, 0) is 30.5 Å². The number of nitrogens with zero attached hydrogens (tertiary/aromatic N) is 2. The number of hydrogen-bond donors (Lipinski definition) is 1. The molecule has 0 spiro atoms. The second-order valence-corrected chi connectivity index (χ2v) is 5.30. The Morgan fingerprint density at radius 2 is 2.15 bits per heavy atom. The Labute approximate surface area is 116 Å². The summed E-state index contributed by atoms with van der Waals surface area (Å²) in [6, 6.07) is 5.81. The van der Waals surface area contributed by atoms with Gasteiger partial charge in [0.25, 0.3) is 0 Å². The summed E-state index contributed by atoms with van der Waals surface area (Å²) in [5, 5.41) is 10.6. The lowest BCUT2D eigenvalue weighted by molar-refractivity contribution is -0.118. The highest BCUT2D eigenvalue weighted by Crippen LogP contribution is 2.45. The third-order valence-electron chi connectivity index (χ3n) is 4.19. The van der Waals surface area contributed by atoms with Gasteiger partial charge in [0.15, 0.2) is 0 Å². The molecule has 2 aliphatic heterocycles. The highest BCUT2D eigenvalue weighted by molar-refractivity contribution is 6.00. The SMILES string of the molecule is O=C1CCc2c(O)c(-c3cccnc3)cc3c2N1CC3. The maximum absolute atomic E-state index is 11.9. The minimum absolute atomic E-state index is 0.171. The summed E-state index contributed by atoms with van der Waals surface area (Å²) in [6.45, 7) is 0.733. The number of amides is 1. The molecule has 20 heavy (non-hydrogen) atoms. The number of carbonyl (C=O) groups excluding carboxylic acids is 1. The molecule has 0 fully saturated rings. The summed E-state index contributed by atoms with van der Waals surface area (Å²) in [5.41, 5.74) is 4.76. The van der Waals surface area contributed by atoms with Crippen LogP contribution in [0.5, 0.6) is 5.75 Å². The molecule has 100 valence electrons. The quantitative estimate of drug-likeness (QED) is 0.861. The molecule has 0 bridgehead atoms. The molecule has 4 heteroatoms. The van der Waals surface area contributed by atoms with E-state index in [0.29, 0.717) is 18.6 Å². The lowest BCUT2D eigenvalue weighted by Gasteiger charge is -2.26. The summed E-state index contributed by atoms with van der Waals surface area (Å²) in [6.07, 6.45) is 5.45. The maximum Gasteiger partial charge on any atom is 0.227 e. The van der Waals surface area contributed by atoms with Crippen molar-refractivity contribution in [1.82, 2.24) is 4.98 Å². The van der Waals surface area contributed by atoms with Gasteiger partial charge in [-0.3, -0.25) is 9.78 Å². The van der Waals surface area contributed by atoms with Crippen molar-refractivity contribution in [2.24, 2.45) is 0 Å². The minimum Gasteiger partial charge on any atom is -0.507 e. The Balaban J connectivity index is 1.96. The number of aromatic nitrogens is 1. The van der Waals surface area contributed by atoms with Crippen LogP contribution >= 0.6 is 0 Å². The van der Waals surface area contributed by atoms with E-state index in [9.17, 15) is 9.90 Å². The molecule has 3 heterocycles. The number of pyridine rings is 1. The molecule has 1 amide bonds. The van der Waals surface area contributed by atoms with Crippen molar-refractivity contribution in [3.05, 3.63) is 41.7 Å². The molecule has 0 atom stereocenters. The molecule has 0 unspecified atom stereocenters. The molecule has 0 radical (unpaired) electrons. The van der Waals surface area contributed by atoms with E-state index in [1.165, 1.54) is 0 Å². The second-order valence-electron chi connectivity index (χ2n) is 5.30. The first kappa shape index (κ1) is 11.5. The first-order valence-corrected chi connectivity index (χ1v) is 6.84. The molecule has 0 aliphatic carbocycles. The lowest BCUT2D eigenvalue weighted by atomic mass is 9.93. The van der Waals surface area contributed by atoms with Crippen LogP contribution in [0.1, 0.15) is 17.5 Å². The number of carbonyl (C=O) groups is 1. The molecule has 1 aromatic carbocycles. The van der Waals surface area contributed by atoms with Crippen molar-refractivity contribution in [3.63, 3.8) is 0 Å². The smallest absolute Gasteiger partial charge is 0.227 e. The number of aromatic hydroxyl groups is 1. The number of benzene rings is 1. The number of phenolic OH excluding ortho intramolecular Hbond substituents is 1. The van der Waals surface area contributed by atoms with Crippen molar-refractivity contribution < 1.29 is 9.90 Å². The molecule has 2 aliphatic rings. The van der Waals surface area contributed by atoms with Gasteiger partial charge in [-0.1, -0.05) is 6.07 Å². The molecule has 4 rings (SSSR count). The Bertz CT molecular complexity index is 710. The predicted molar refractivity (Wildman–Crippen MR) is 75.7 cm³/mol. The van der Waals surface area contributed by atoms with Crippen LogP contribution in [0.2, 0.25) is 0 Å². The zero-order valence-corrected chi connectivity index (χ0v) is 11.0. The van der Waals surface area contributed by atoms with Crippen LogP contribution in [0.4, 0.5) is 5.69 Å². The van der Waals surface area contributed by atoms with Crippen molar-refractivity contribution in [1.29, 1.82) is 0 Å². The zero-order chi connectivity index (χ0) is 13.7. The summed E-state index contributed by atoms with van der Waals surface area (Å²) in [7, 11) is 0. The van der Waals surface area contributed by atoms with Crippen molar-refractivity contribution in [2.45, 2.75) is 19.3 Å². The number of phenols is 1. The third kappa shape index (κ3) is 1.48. The Morgan fingerprint density at radius 3 is 2.95 bits per heavy atom. The maximum atomic E-state index is 11.9. The Morgan fingerprint density at radius 1 is 1.25 bits per heavy atom. The van der Waals surface area contributed by atoms with Crippen molar-refractivity contribution in [2.75, 3.05) is 11.4 Å². The first-order valence-electron chi connectivity index (χ1n) is 6.84. The van der Waals surface area contributed by atoms with Gasteiger partial charge in [-0.15, -0.1) is 0 Å². The fourth-order valence-electron chi connectivity index (χ4n) is 3.25. The van der Waals surface area contributed by atoms with Crippen LogP contribution in [0, 0.1) is 0 Å². The summed E-state index contributed by atoms with van der Waals surface area (Å²) >= 11 is 0. The van der Waals surface area contributed by atoms with Gasteiger partial charge < -0.3 is 10.0 Å². The summed E-state index contributed by atoms with van der Waals surface area (Å²) < 4.78 is 0. The molecule has 1 N–H and O–H groups in total. The molecule has 4 nitrogen and oxygen atoms in total. The number of hydrogen-bond acceptors (Lipinski definition) is 3. The normalized spacial score (nSPS) is 16.4. The molecular formula is C16H14N2O2. The number of anilines is 1. The van der Waals surface area contributed by atoms with Crippen LogP contribution in [0.25, 0.3) is 11.1 Å². The molecule has 0 saturated carbocycles. The van der Waals surface area contributed by atoms with Crippen LogP contribution in [0.3, 0.4) is 0 Å². The summed E-state index contributed by atoms with van der Waals surface area (Å²) in [5.74, 6) is 0.473. The molecule has 1 aromatic heterocycles. The highest BCUT2D eigenvalue weighted by Gasteiger charge is 2.34. The standard InChI is InChI=1S/C16H14N2O2/c19-14-4-3-12-15-10(5-7-18(14)15)8-13(16(12)20)11-2-1-6-17-9-11/h1-2,6,8-9,20H,3-5,7H2. The highest BCUT2D eigenvalue weighted by atomic mass is 16.3. The molecular weight excluding hydrogens is 252 g/mol. The van der Waals surface area contributed by atoms with Gasteiger partial charge in [0.1, 0.15) is 5.75 Å². The van der Waals surface area contributed by atoms with Gasteiger partial charge in [-0.25, -0.2) is 0 Å².